The number of benzene rings is 1. The number of nitrogens with one attached hydrogen (secondary N) is 1. The fraction of sp³-hybridized carbons (Fsp3) is 0.500. The van der Waals surface area contributed by atoms with E-state index in [-0.39, 0.29) is 48.2 Å². The van der Waals surface area contributed by atoms with Gasteiger partial charge < -0.3 is 10.6 Å². The number of likely N-dealkylation sites (N-methyl/N-ethyl adjacent to an activating group) is 1. The maximum absolute atomic E-state index is 13.4. The van der Waals surface area contributed by atoms with E-state index >= 15 is 0 Å². The van der Waals surface area contributed by atoms with Gasteiger partial charge in [-0.1, -0.05) is 39.8 Å². The molecule has 0 aliphatic heterocycles. The number of halogens is 1. The highest BCUT2D eigenvalue weighted by Crippen LogP contribution is 2.20. The van der Waals surface area contributed by atoms with Gasteiger partial charge in [0.25, 0.3) is 5.56 Å². The molecule has 0 aliphatic carbocycles. The molecule has 1 amide bonds. The predicted molar refractivity (Wildman–Crippen MR) is 120 cm³/mol. The molecule has 1 aromatic carbocycles. The minimum absolute atomic E-state index is 0.00851. The van der Waals surface area contributed by atoms with E-state index < -0.39 is 11.2 Å². The SMILES string of the molecule is CC(C)CN(C(=O)CN(C)Cc1cccc(F)c1)c1c(N)n(CC(C)C)c(=O)[nH]c1=O. The average molecular weight is 434 g/mol. The minimum Gasteiger partial charge on any atom is -0.383 e. The van der Waals surface area contributed by atoms with Crippen molar-refractivity contribution in [3.05, 3.63) is 56.5 Å². The van der Waals surface area contributed by atoms with Crippen LogP contribution >= 0.6 is 0 Å². The van der Waals surface area contributed by atoms with Crippen molar-refractivity contribution in [3.63, 3.8) is 0 Å². The number of amides is 1. The number of aromatic nitrogens is 2. The van der Waals surface area contributed by atoms with E-state index in [0.29, 0.717) is 13.1 Å². The first-order valence-electron chi connectivity index (χ1n) is 10.4. The fourth-order valence-corrected chi connectivity index (χ4v) is 3.39. The highest BCUT2D eigenvalue weighted by molar-refractivity contribution is 5.96. The number of hydrogen-bond donors (Lipinski definition) is 2. The van der Waals surface area contributed by atoms with Crippen molar-refractivity contribution in [1.82, 2.24) is 14.5 Å². The van der Waals surface area contributed by atoms with Gasteiger partial charge in [-0.2, -0.15) is 0 Å². The van der Waals surface area contributed by atoms with Crippen LogP contribution in [0.15, 0.2) is 33.9 Å². The Hall–Kier alpha value is -2.94. The quantitative estimate of drug-likeness (QED) is 0.630. The zero-order valence-electron chi connectivity index (χ0n) is 18.8. The third-order valence-electron chi connectivity index (χ3n) is 4.63. The van der Waals surface area contributed by atoms with Crippen molar-refractivity contribution in [2.75, 3.05) is 30.8 Å². The number of nitrogens with two attached hydrogens (primary N) is 1. The summed E-state index contributed by atoms with van der Waals surface area (Å²) in [5.74, 6) is -0.527. The summed E-state index contributed by atoms with van der Waals surface area (Å²) in [6.45, 7) is 8.63. The third-order valence-corrected chi connectivity index (χ3v) is 4.63. The maximum atomic E-state index is 13.4. The molecule has 0 fully saturated rings. The van der Waals surface area contributed by atoms with Crippen LogP contribution in [0.3, 0.4) is 0 Å². The highest BCUT2D eigenvalue weighted by Gasteiger charge is 2.26. The lowest BCUT2D eigenvalue weighted by atomic mass is 10.2. The van der Waals surface area contributed by atoms with E-state index in [4.69, 9.17) is 5.73 Å². The molecule has 9 heteroatoms. The van der Waals surface area contributed by atoms with E-state index in [1.54, 1.807) is 24.1 Å². The molecule has 0 radical (unpaired) electrons. The van der Waals surface area contributed by atoms with Crippen molar-refractivity contribution in [2.24, 2.45) is 11.8 Å². The lowest BCUT2D eigenvalue weighted by Crippen LogP contribution is -2.46. The van der Waals surface area contributed by atoms with E-state index in [0.717, 1.165) is 5.56 Å². The predicted octanol–water partition coefficient (Wildman–Crippen LogP) is 2.03. The molecule has 0 spiro atoms. The number of rotatable bonds is 9. The molecule has 2 rings (SSSR count). The molecule has 0 saturated carbocycles. The first-order valence-corrected chi connectivity index (χ1v) is 10.4. The van der Waals surface area contributed by atoms with Gasteiger partial charge in [-0.05, 0) is 36.6 Å². The van der Waals surface area contributed by atoms with Gasteiger partial charge in [-0.15, -0.1) is 0 Å². The molecule has 0 bridgehead atoms. The Morgan fingerprint density at radius 1 is 1.19 bits per heavy atom. The van der Waals surface area contributed by atoms with Gasteiger partial charge in [0.2, 0.25) is 5.91 Å². The first-order chi connectivity index (χ1) is 14.5. The normalized spacial score (nSPS) is 11.5. The van der Waals surface area contributed by atoms with Gasteiger partial charge in [0.15, 0.2) is 5.69 Å². The fourth-order valence-electron chi connectivity index (χ4n) is 3.39. The van der Waals surface area contributed by atoms with Crippen LogP contribution in [-0.2, 0) is 17.9 Å². The van der Waals surface area contributed by atoms with Gasteiger partial charge in [-0.25, -0.2) is 9.18 Å². The molecule has 3 N–H and O–H groups in total. The van der Waals surface area contributed by atoms with Crippen LogP contribution < -0.4 is 21.9 Å². The summed E-state index contributed by atoms with van der Waals surface area (Å²) in [6.07, 6.45) is 0. The van der Waals surface area contributed by atoms with Crippen LogP contribution in [0.1, 0.15) is 33.3 Å². The van der Waals surface area contributed by atoms with Gasteiger partial charge in [-0.3, -0.25) is 24.0 Å². The molecular weight excluding hydrogens is 401 g/mol. The summed E-state index contributed by atoms with van der Waals surface area (Å²) in [7, 11) is 1.74. The van der Waals surface area contributed by atoms with Crippen molar-refractivity contribution < 1.29 is 9.18 Å². The number of hydrogen-bond acceptors (Lipinski definition) is 5. The van der Waals surface area contributed by atoms with Crippen LogP contribution in [0, 0.1) is 17.7 Å². The number of anilines is 2. The maximum Gasteiger partial charge on any atom is 0.330 e. The van der Waals surface area contributed by atoms with Crippen molar-refractivity contribution >= 4 is 17.4 Å². The molecular formula is C22H32FN5O3. The molecule has 8 nitrogen and oxygen atoms in total. The second-order valence-electron chi connectivity index (χ2n) is 8.70. The summed E-state index contributed by atoms with van der Waals surface area (Å²) >= 11 is 0. The zero-order chi connectivity index (χ0) is 23.3. The monoisotopic (exact) mass is 433 g/mol. The molecule has 0 aliphatic rings. The Bertz CT molecular complexity index is 1030. The number of nitrogens with zero attached hydrogens (tertiary/aromatic N) is 3. The van der Waals surface area contributed by atoms with E-state index in [1.165, 1.54) is 21.6 Å². The van der Waals surface area contributed by atoms with Gasteiger partial charge in [0.1, 0.15) is 11.6 Å². The largest absolute Gasteiger partial charge is 0.383 e. The van der Waals surface area contributed by atoms with Crippen LogP contribution in [-0.4, -0.2) is 40.5 Å². The smallest absolute Gasteiger partial charge is 0.330 e. The molecule has 1 heterocycles. The van der Waals surface area contributed by atoms with Crippen LogP contribution in [0.4, 0.5) is 15.9 Å². The Morgan fingerprint density at radius 3 is 2.45 bits per heavy atom. The van der Waals surface area contributed by atoms with E-state index in [9.17, 15) is 18.8 Å². The zero-order valence-corrected chi connectivity index (χ0v) is 18.8. The summed E-state index contributed by atoms with van der Waals surface area (Å²) in [4.78, 5) is 43.4. The van der Waals surface area contributed by atoms with Gasteiger partial charge >= 0.3 is 5.69 Å². The molecule has 0 saturated heterocycles. The average Bonchev–Trinajstić information content (AvgIpc) is 2.63. The number of carbonyl (C=O) groups is 1. The van der Waals surface area contributed by atoms with E-state index in [2.05, 4.69) is 4.98 Å². The lowest BCUT2D eigenvalue weighted by molar-refractivity contribution is -0.119. The number of H-pyrrole nitrogens is 1. The van der Waals surface area contributed by atoms with Crippen LogP contribution in [0.2, 0.25) is 0 Å². The summed E-state index contributed by atoms with van der Waals surface area (Å²) < 4.78 is 14.7. The third kappa shape index (κ3) is 6.52. The molecule has 31 heavy (non-hydrogen) atoms. The summed E-state index contributed by atoms with van der Waals surface area (Å²) in [5, 5.41) is 0. The van der Waals surface area contributed by atoms with Crippen molar-refractivity contribution in [3.8, 4) is 0 Å². The Morgan fingerprint density at radius 2 is 1.87 bits per heavy atom. The lowest BCUT2D eigenvalue weighted by Gasteiger charge is -2.28. The topological polar surface area (TPSA) is 104 Å². The molecule has 1 aromatic heterocycles. The Labute approximate surface area is 181 Å². The standard InChI is InChI=1S/C22H32FN5O3/c1-14(2)10-27(18(29)13-26(5)12-16-7-6-8-17(23)9-16)19-20(24)28(11-15(3)4)22(31)25-21(19)30/h6-9,14-15H,10-13,24H2,1-5H3,(H,25,30,31). The highest BCUT2D eigenvalue weighted by atomic mass is 19.1. The molecule has 0 atom stereocenters. The Balaban J connectivity index is 2.36. The Kier molecular flexibility index (Phi) is 8.15. The summed E-state index contributed by atoms with van der Waals surface area (Å²) in [6, 6.07) is 6.17. The van der Waals surface area contributed by atoms with Gasteiger partial charge in [0.05, 0.1) is 6.54 Å². The number of aromatic amines is 1. The second kappa shape index (κ2) is 10.4. The summed E-state index contributed by atoms with van der Waals surface area (Å²) in [5.41, 5.74) is 5.64. The number of nitrogen functional groups attached to an aromatic ring is 1. The molecule has 2 aromatic rings. The van der Waals surface area contributed by atoms with Crippen LogP contribution in [0.5, 0.6) is 0 Å². The first kappa shape index (κ1) is 24.3. The van der Waals surface area contributed by atoms with Crippen molar-refractivity contribution in [2.45, 2.75) is 40.8 Å². The molecule has 170 valence electrons. The molecule has 0 unspecified atom stereocenters. The minimum atomic E-state index is -0.690. The number of carbonyl (C=O) groups excluding carboxylic acids is 1. The second-order valence-corrected chi connectivity index (χ2v) is 8.70. The van der Waals surface area contributed by atoms with Crippen LogP contribution in [0.25, 0.3) is 0 Å². The van der Waals surface area contributed by atoms with Crippen molar-refractivity contribution in [1.29, 1.82) is 0 Å². The van der Waals surface area contributed by atoms with Gasteiger partial charge in [0, 0.05) is 19.6 Å². The van der Waals surface area contributed by atoms with E-state index in [1.807, 2.05) is 27.7 Å².